The molecule has 0 spiro atoms. The maximum Gasteiger partial charge on any atom is 0.352 e. The lowest BCUT2D eigenvalue weighted by Crippen LogP contribution is -2.61. The predicted molar refractivity (Wildman–Crippen MR) is 136 cm³/mol. The Morgan fingerprint density at radius 1 is 1.43 bits per heavy atom. The van der Waals surface area contributed by atoms with Crippen LogP contribution in [0.2, 0.25) is 0 Å². The van der Waals surface area contributed by atoms with Crippen molar-refractivity contribution in [3.63, 3.8) is 0 Å². The number of rotatable bonds is 8. The summed E-state index contributed by atoms with van der Waals surface area (Å²) in [6.45, 7) is 0. The molecule has 18 heteroatoms. The lowest BCUT2D eigenvalue weighted by molar-refractivity contribution is -0.146. The van der Waals surface area contributed by atoms with Crippen molar-refractivity contribution in [1.82, 2.24) is 35.4 Å². The number of carbonyl (C=O) groups excluding carboxylic acids is 2. The standard InChI is InChI=1S/C19H18N10O5S3/c1-34-23-4-10(30)27-19(9-6-35-17(21)24-9)8(13(16(32)33)29-11(31)2-12(29)37-19)5-36-18-25-14(20)7-3-22-28-15(7)26-18/h3-4,6,12H,2,5H2,1H3,(H2,21,24)(H,27,30)(H,32,33)(H3,20,22,25,26,28)/t12-,19?/m0/s1. The molecule has 2 aliphatic heterocycles. The van der Waals surface area contributed by atoms with E-state index in [0.717, 1.165) is 29.3 Å². The summed E-state index contributed by atoms with van der Waals surface area (Å²) in [5.74, 6) is -2.23. The van der Waals surface area contributed by atoms with Gasteiger partial charge in [-0.05, 0) is 0 Å². The van der Waals surface area contributed by atoms with E-state index >= 15 is 0 Å². The summed E-state index contributed by atoms with van der Waals surface area (Å²) in [5.41, 5.74) is 12.5. The summed E-state index contributed by atoms with van der Waals surface area (Å²) >= 11 is 3.37. The van der Waals surface area contributed by atoms with Gasteiger partial charge in [-0.3, -0.25) is 19.6 Å². The monoisotopic (exact) mass is 562 g/mol. The highest BCUT2D eigenvalue weighted by Crippen LogP contribution is 2.55. The number of oxime groups is 1. The van der Waals surface area contributed by atoms with Gasteiger partial charge in [0.05, 0.1) is 29.1 Å². The average Bonchev–Trinajstić information content (AvgIpc) is 3.50. The Hall–Kier alpha value is -3.90. The molecule has 0 saturated carbocycles. The highest BCUT2D eigenvalue weighted by atomic mass is 32.2. The van der Waals surface area contributed by atoms with Gasteiger partial charge in [0.15, 0.2) is 20.8 Å². The minimum atomic E-state index is -1.50. The van der Waals surface area contributed by atoms with E-state index in [0.29, 0.717) is 16.7 Å². The number of thiazole rings is 1. The quantitative estimate of drug-likeness (QED) is 0.0819. The van der Waals surface area contributed by atoms with Crippen LogP contribution in [0.5, 0.6) is 0 Å². The van der Waals surface area contributed by atoms with Crippen molar-refractivity contribution in [1.29, 1.82) is 0 Å². The molecule has 7 N–H and O–H groups in total. The molecule has 2 amide bonds. The van der Waals surface area contributed by atoms with Crippen LogP contribution in [0, 0.1) is 0 Å². The third-order valence-corrected chi connectivity index (χ3v) is 8.60. The van der Waals surface area contributed by atoms with Crippen LogP contribution >= 0.6 is 34.9 Å². The van der Waals surface area contributed by atoms with Gasteiger partial charge < -0.3 is 26.7 Å². The lowest BCUT2D eigenvalue weighted by atomic mass is 9.98. The number of aromatic amines is 1. The van der Waals surface area contributed by atoms with Gasteiger partial charge in [0, 0.05) is 16.7 Å². The zero-order valence-corrected chi connectivity index (χ0v) is 21.3. The minimum Gasteiger partial charge on any atom is -0.477 e. The molecule has 15 nitrogen and oxygen atoms in total. The van der Waals surface area contributed by atoms with E-state index in [1.807, 2.05) is 0 Å². The number of nitrogen functional groups attached to an aromatic ring is 2. The zero-order chi connectivity index (χ0) is 26.3. The number of H-pyrrole nitrogens is 1. The number of anilines is 2. The van der Waals surface area contributed by atoms with Gasteiger partial charge in [-0.25, -0.2) is 19.7 Å². The Morgan fingerprint density at radius 2 is 2.24 bits per heavy atom. The fourth-order valence-corrected chi connectivity index (χ4v) is 7.30. The van der Waals surface area contributed by atoms with E-state index in [9.17, 15) is 19.5 Å². The number of aliphatic carboxylic acids is 1. The molecule has 192 valence electrons. The Balaban J connectivity index is 1.64. The molecule has 1 saturated heterocycles. The molecule has 0 bridgehead atoms. The number of carboxylic acids is 1. The molecule has 0 aromatic carbocycles. The first-order valence-corrected chi connectivity index (χ1v) is 13.1. The zero-order valence-electron chi connectivity index (χ0n) is 18.9. The van der Waals surface area contributed by atoms with Gasteiger partial charge in [0.25, 0.3) is 5.91 Å². The van der Waals surface area contributed by atoms with Crippen LogP contribution in [-0.4, -0.2) is 77.4 Å². The number of β-lactam (4-membered cyclic amide) rings is 1. The van der Waals surface area contributed by atoms with Crippen LogP contribution in [0.1, 0.15) is 12.1 Å². The van der Waals surface area contributed by atoms with Gasteiger partial charge >= 0.3 is 5.97 Å². The second-order valence-corrected chi connectivity index (χ2v) is 10.9. The van der Waals surface area contributed by atoms with Crippen LogP contribution in [0.3, 0.4) is 0 Å². The first kappa shape index (κ1) is 24.8. The molecule has 1 fully saturated rings. The number of hydrogen-bond acceptors (Lipinski definition) is 14. The first-order valence-electron chi connectivity index (χ1n) is 10.4. The summed E-state index contributed by atoms with van der Waals surface area (Å²) in [7, 11) is 1.28. The molecule has 3 aromatic heterocycles. The summed E-state index contributed by atoms with van der Waals surface area (Å²) in [6, 6.07) is 0. The fraction of sp³-hybridized carbons (Fsp3) is 0.263. The molecule has 3 aromatic rings. The molecule has 2 atom stereocenters. The molecule has 5 heterocycles. The largest absolute Gasteiger partial charge is 0.477 e. The highest BCUT2D eigenvalue weighted by molar-refractivity contribution is 8.01. The Morgan fingerprint density at radius 3 is 2.92 bits per heavy atom. The SMILES string of the molecule is CON=CC(=O)NC1(c2csc(N)n2)S[C@H]2CC(=O)N2C(C(=O)O)=C1CSc1nc(N)c2cn[nH]c2n1. The molecule has 0 aliphatic carbocycles. The second kappa shape index (κ2) is 9.52. The van der Waals surface area contributed by atoms with Crippen LogP contribution in [0.25, 0.3) is 11.0 Å². The van der Waals surface area contributed by atoms with Gasteiger partial charge in [-0.1, -0.05) is 28.7 Å². The molecule has 2 aliphatic rings. The topological polar surface area (TPSA) is 228 Å². The van der Waals surface area contributed by atoms with Crippen molar-refractivity contribution in [3.8, 4) is 0 Å². The van der Waals surface area contributed by atoms with E-state index < -0.39 is 22.1 Å². The van der Waals surface area contributed by atoms with Crippen LogP contribution in [-0.2, 0) is 24.1 Å². The molecule has 0 radical (unpaired) electrons. The minimum absolute atomic E-state index is 0.0522. The number of hydrogen-bond donors (Lipinski definition) is 5. The maximum atomic E-state index is 12.9. The van der Waals surface area contributed by atoms with Gasteiger partial charge in [-0.15, -0.1) is 11.3 Å². The van der Waals surface area contributed by atoms with Gasteiger partial charge in [-0.2, -0.15) is 5.10 Å². The number of thioether (sulfide) groups is 2. The van der Waals surface area contributed by atoms with Gasteiger partial charge in [0.1, 0.15) is 24.8 Å². The molecular weight excluding hydrogens is 544 g/mol. The Labute approximate surface area is 220 Å². The second-order valence-electron chi connectivity index (χ2n) is 7.64. The molecular formula is C19H18N10O5S3. The van der Waals surface area contributed by atoms with E-state index in [2.05, 4.69) is 40.5 Å². The maximum absolute atomic E-state index is 12.9. The third kappa shape index (κ3) is 4.31. The van der Waals surface area contributed by atoms with Crippen LogP contribution < -0.4 is 16.8 Å². The molecule has 1 unspecified atom stereocenters. The number of nitrogens with one attached hydrogen (secondary N) is 2. The van der Waals surface area contributed by atoms with E-state index in [1.165, 1.54) is 30.0 Å². The van der Waals surface area contributed by atoms with Gasteiger partial charge in [0.2, 0.25) is 5.91 Å². The summed E-state index contributed by atoms with van der Waals surface area (Å²) in [6.07, 6.45) is 2.49. The number of carboxylic acid groups (broad SMARTS) is 1. The van der Waals surface area contributed by atoms with Crippen molar-refractivity contribution in [2.45, 2.75) is 21.8 Å². The third-order valence-electron chi connectivity index (χ3n) is 5.49. The fourth-order valence-electron chi connectivity index (χ4n) is 3.92. The lowest BCUT2D eigenvalue weighted by Gasteiger charge is -2.51. The normalized spacial score (nSPS) is 21.3. The Bertz CT molecular complexity index is 1490. The van der Waals surface area contributed by atoms with E-state index in [-0.39, 0.29) is 45.5 Å². The number of carbonyl (C=O) groups is 3. The van der Waals surface area contributed by atoms with Crippen molar-refractivity contribution in [2.24, 2.45) is 5.16 Å². The van der Waals surface area contributed by atoms with Crippen LogP contribution in [0.4, 0.5) is 10.9 Å². The number of amides is 2. The Kier molecular flexibility index (Phi) is 6.38. The average molecular weight is 563 g/mol. The van der Waals surface area contributed by atoms with Crippen molar-refractivity contribution in [2.75, 3.05) is 24.3 Å². The van der Waals surface area contributed by atoms with E-state index in [4.69, 9.17) is 11.5 Å². The first-order chi connectivity index (χ1) is 17.7. The van der Waals surface area contributed by atoms with E-state index in [1.54, 1.807) is 5.38 Å². The number of nitrogens with two attached hydrogens (primary N) is 2. The summed E-state index contributed by atoms with van der Waals surface area (Å²) < 4.78 is 0. The smallest absolute Gasteiger partial charge is 0.352 e. The van der Waals surface area contributed by atoms with Crippen molar-refractivity contribution >= 4 is 80.8 Å². The molecule has 37 heavy (non-hydrogen) atoms. The summed E-state index contributed by atoms with van der Waals surface area (Å²) in [5, 5.41) is 25.2. The predicted octanol–water partition coefficient (Wildman–Crippen LogP) is 0.311. The van der Waals surface area contributed by atoms with Crippen LogP contribution in [0.15, 0.2) is 33.2 Å². The van der Waals surface area contributed by atoms with Crippen molar-refractivity contribution in [3.05, 3.63) is 28.5 Å². The number of nitrogens with zero attached hydrogens (tertiary/aromatic N) is 6. The molecule has 5 rings (SSSR count). The van der Waals surface area contributed by atoms with Crippen molar-refractivity contribution < 1.29 is 24.3 Å². The highest BCUT2D eigenvalue weighted by Gasteiger charge is 2.56. The summed E-state index contributed by atoms with van der Waals surface area (Å²) in [4.78, 5) is 55.2. The number of fused-ring (bicyclic) bond motifs is 2. The number of aromatic nitrogens is 5.